The summed E-state index contributed by atoms with van der Waals surface area (Å²) in [7, 11) is 1.48. The summed E-state index contributed by atoms with van der Waals surface area (Å²) >= 11 is 0. The molecule has 0 saturated carbocycles. The van der Waals surface area contributed by atoms with E-state index in [9.17, 15) is 9.90 Å². The lowest BCUT2D eigenvalue weighted by molar-refractivity contribution is -0.157. The van der Waals surface area contributed by atoms with E-state index in [-0.39, 0.29) is 7.43 Å². The zero-order valence-electron chi connectivity index (χ0n) is 17.5. The van der Waals surface area contributed by atoms with Crippen LogP contribution < -0.4 is 0 Å². The first-order valence-corrected chi connectivity index (χ1v) is 12.0. The fourth-order valence-electron chi connectivity index (χ4n) is 2.05. The number of methoxy groups -OCH3 is 2. The Kier molecular flexibility index (Phi) is 12.0. The number of rotatable bonds is 6. The molecule has 1 rings (SSSR count). The molecule has 1 atom stereocenters. The van der Waals surface area contributed by atoms with Crippen LogP contribution in [0.25, 0.3) is 0 Å². The van der Waals surface area contributed by atoms with Gasteiger partial charge in [0.05, 0.1) is 25.7 Å². The highest BCUT2D eigenvalue weighted by atomic mass is 28.4. The van der Waals surface area contributed by atoms with Gasteiger partial charge < -0.3 is 19.0 Å². The lowest BCUT2D eigenvalue weighted by Gasteiger charge is -2.27. The molecule has 0 bridgehead atoms. The summed E-state index contributed by atoms with van der Waals surface area (Å²) in [5, 5.41) is 10.0. The molecule has 156 valence electrons. The van der Waals surface area contributed by atoms with Gasteiger partial charge in [0.25, 0.3) is 5.95 Å². The largest absolute Gasteiger partial charge is 0.520 e. The minimum absolute atomic E-state index is 0. The Labute approximate surface area is 166 Å². The molecule has 6 heteroatoms. The second-order valence-corrected chi connectivity index (χ2v) is 12.2. The van der Waals surface area contributed by atoms with Crippen LogP contribution in [-0.4, -0.2) is 33.6 Å². The highest BCUT2D eigenvalue weighted by Gasteiger charge is 2.37. The molecule has 5 nitrogen and oxygen atoms in total. The van der Waals surface area contributed by atoms with Gasteiger partial charge in [0.1, 0.15) is 0 Å². The highest BCUT2D eigenvalue weighted by Crippen LogP contribution is 2.34. The van der Waals surface area contributed by atoms with Crippen molar-refractivity contribution in [1.82, 2.24) is 0 Å². The summed E-state index contributed by atoms with van der Waals surface area (Å²) in [5.41, 5.74) is 0.874. The van der Waals surface area contributed by atoms with Crippen LogP contribution in [0.4, 0.5) is 0 Å². The van der Waals surface area contributed by atoms with Crippen molar-refractivity contribution in [3.8, 4) is 0 Å². The maximum Gasteiger partial charge on any atom is 0.314 e. The summed E-state index contributed by atoms with van der Waals surface area (Å²) in [6.45, 7) is 13.7. The first-order valence-electron chi connectivity index (χ1n) is 8.58. The molecule has 0 aromatic heterocycles. The fraction of sp³-hybridized carbons (Fsp3) is 0.571. The van der Waals surface area contributed by atoms with E-state index in [0.717, 1.165) is 5.57 Å². The molecule has 0 aliphatic carbocycles. The lowest BCUT2D eigenvalue weighted by atomic mass is 9.83. The molecule has 1 aromatic carbocycles. The summed E-state index contributed by atoms with van der Waals surface area (Å²) in [4.78, 5) is 11.5. The van der Waals surface area contributed by atoms with Crippen molar-refractivity contribution in [3.05, 3.63) is 47.4 Å². The number of carbonyl (C=O) groups is 1. The Morgan fingerprint density at radius 2 is 1.52 bits per heavy atom. The first kappa shape index (κ1) is 27.4. The minimum atomic E-state index is -1.49. The predicted octanol–water partition coefficient (Wildman–Crippen LogP) is 5.29. The van der Waals surface area contributed by atoms with E-state index >= 15 is 0 Å². The summed E-state index contributed by atoms with van der Waals surface area (Å²) in [5.74, 6) is 0.267. The van der Waals surface area contributed by atoms with Crippen molar-refractivity contribution >= 4 is 14.3 Å². The number of aliphatic hydroxyl groups excluding tert-OH is 1. The minimum Gasteiger partial charge on any atom is -0.520 e. The second kappa shape index (κ2) is 11.8. The molecule has 27 heavy (non-hydrogen) atoms. The molecule has 0 amide bonds. The zero-order chi connectivity index (χ0) is 20.5. The van der Waals surface area contributed by atoms with Crippen LogP contribution in [0, 0.1) is 5.41 Å². The van der Waals surface area contributed by atoms with Crippen molar-refractivity contribution in [2.24, 2.45) is 5.41 Å². The number of benzene rings is 1. The van der Waals surface area contributed by atoms with Gasteiger partial charge in [-0.3, -0.25) is 4.79 Å². The van der Waals surface area contributed by atoms with Gasteiger partial charge in [0, 0.05) is 5.57 Å². The van der Waals surface area contributed by atoms with Crippen LogP contribution in [0.5, 0.6) is 0 Å². The molecular formula is C21H38O5Si. The topological polar surface area (TPSA) is 65.0 Å². The van der Waals surface area contributed by atoms with Crippen molar-refractivity contribution in [1.29, 1.82) is 0 Å². The van der Waals surface area contributed by atoms with E-state index < -0.39 is 25.8 Å². The molecule has 0 saturated heterocycles. The molecule has 0 heterocycles. The van der Waals surface area contributed by atoms with Crippen molar-refractivity contribution in [3.63, 3.8) is 0 Å². The maximum absolute atomic E-state index is 11.5. The number of allylic oxidation sites excluding steroid dienone is 1. The molecule has 0 fully saturated rings. The standard InChI is InChI=1S/C12H16O3.C8H18O2Si.CH4/c1-12(2,11(14)15-3)10(13)9-7-5-4-6-8-9;1-7(2)8(9-3)10-11(4,5)6;/h4-8,10,13H,1-3H3;1-6H3;1H4. The van der Waals surface area contributed by atoms with Crippen LogP contribution in [0.1, 0.15) is 46.8 Å². The van der Waals surface area contributed by atoms with E-state index in [2.05, 4.69) is 24.4 Å². The van der Waals surface area contributed by atoms with Gasteiger partial charge in [-0.1, -0.05) is 37.8 Å². The van der Waals surface area contributed by atoms with Crippen LogP contribution in [-0.2, 0) is 18.7 Å². The Hall–Kier alpha value is -1.79. The van der Waals surface area contributed by atoms with E-state index in [1.165, 1.54) is 7.11 Å². The molecule has 0 aliphatic rings. The van der Waals surface area contributed by atoms with Crippen LogP contribution in [0.2, 0.25) is 19.6 Å². The monoisotopic (exact) mass is 398 g/mol. The average molecular weight is 399 g/mol. The maximum atomic E-state index is 11.5. The van der Waals surface area contributed by atoms with Gasteiger partial charge >= 0.3 is 5.97 Å². The first-order chi connectivity index (χ1) is 11.9. The third-order valence-electron chi connectivity index (χ3n) is 3.50. The van der Waals surface area contributed by atoms with E-state index in [4.69, 9.17) is 9.16 Å². The molecular weight excluding hydrogens is 360 g/mol. The smallest absolute Gasteiger partial charge is 0.314 e. The molecule has 0 spiro atoms. The van der Waals surface area contributed by atoms with Crippen LogP contribution >= 0.6 is 0 Å². The van der Waals surface area contributed by atoms with Gasteiger partial charge in [-0.2, -0.15) is 0 Å². The Bertz CT molecular complexity index is 584. The molecule has 1 unspecified atom stereocenters. The number of aliphatic hydroxyl groups is 1. The van der Waals surface area contributed by atoms with Crippen molar-refractivity contribution < 1.29 is 23.8 Å². The second-order valence-electron chi connectivity index (χ2n) is 7.73. The third-order valence-corrected chi connectivity index (χ3v) is 4.30. The van der Waals surface area contributed by atoms with Gasteiger partial charge in [-0.25, -0.2) is 0 Å². The summed E-state index contributed by atoms with van der Waals surface area (Å²) < 4.78 is 15.4. The number of carbonyl (C=O) groups excluding carboxylic acids is 1. The molecule has 0 aliphatic heterocycles. The number of hydrogen-bond donors (Lipinski definition) is 1. The quantitative estimate of drug-likeness (QED) is 0.401. The van der Waals surface area contributed by atoms with Crippen LogP contribution in [0.3, 0.4) is 0 Å². The molecule has 1 aromatic rings. The molecule has 1 N–H and O–H groups in total. The lowest BCUT2D eigenvalue weighted by Crippen LogP contribution is -2.32. The fourth-order valence-corrected chi connectivity index (χ4v) is 2.90. The predicted molar refractivity (Wildman–Crippen MR) is 114 cm³/mol. The summed E-state index contributed by atoms with van der Waals surface area (Å²) in [6.07, 6.45) is -0.855. The Morgan fingerprint density at radius 3 is 1.81 bits per heavy atom. The van der Waals surface area contributed by atoms with Gasteiger partial charge in [0.15, 0.2) is 0 Å². The zero-order valence-corrected chi connectivity index (χ0v) is 18.5. The third kappa shape index (κ3) is 9.63. The van der Waals surface area contributed by atoms with Crippen molar-refractivity contribution in [2.75, 3.05) is 14.2 Å². The van der Waals surface area contributed by atoms with E-state index in [1.54, 1.807) is 33.1 Å². The van der Waals surface area contributed by atoms with E-state index in [0.29, 0.717) is 11.5 Å². The SMILES string of the molecule is C.COC(=O)C(C)(C)C(O)c1ccccc1.COC(O[Si](C)(C)C)=C(C)C. The number of ether oxygens (including phenoxy) is 2. The average Bonchev–Trinajstić information content (AvgIpc) is 2.58. The highest BCUT2D eigenvalue weighted by molar-refractivity contribution is 6.70. The normalized spacial score (nSPS) is 11.8. The van der Waals surface area contributed by atoms with Gasteiger partial charge in [0.2, 0.25) is 8.32 Å². The summed E-state index contributed by atoms with van der Waals surface area (Å²) in [6, 6.07) is 9.09. The van der Waals surface area contributed by atoms with Gasteiger partial charge in [-0.15, -0.1) is 0 Å². The van der Waals surface area contributed by atoms with Crippen molar-refractivity contribution in [2.45, 2.75) is 60.9 Å². The Balaban J connectivity index is 0. The number of esters is 1. The number of hydrogen-bond acceptors (Lipinski definition) is 5. The van der Waals surface area contributed by atoms with Crippen LogP contribution in [0.15, 0.2) is 41.9 Å². The Morgan fingerprint density at radius 1 is 1.04 bits per heavy atom. The van der Waals surface area contributed by atoms with Gasteiger partial charge in [-0.05, 0) is 52.9 Å². The van der Waals surface area contributed by atoms with E-state index in [1.807, 2.05) is 32.0 Å². The molecule has 0 radical (unpaired) electrons.